The molecule has 0 atom stereocenters. The second-order valence-corrected chi connectivity index (χ2v) is 4.59. The Kier molecular flexibility index (Phi) is 3.74. The van der Waals surface area contributed by atoms with Gasteiger partial charge in [-0.15, -0.1) is 5.10 Å². The van der Waals surface area contributed by atoms with Crippen molar-refractivity contribution >= 4 is 0 Å². The van der Waals surface area contributed by atoms with E-state index in [4.69, 9.17) is 4.42 Å². The molecule has 0 saturated carbocycles. The number of rotatable bonds is 5. The molecule has 3 rings (SSSR count). The second-order valence-electron chi connectivity index (χ2n) is 4.59. The van der Waals surface area contributed by atoms with Crippen LogP contribution in [0.3, 0.4) is 0 Å². The van der Waals surface area contributed by atoms with Crippen molar-refractivity contribution in [3.63, 3.8) is 0 Å². The molecule has 0 aliphatic heterocycles. The first kappa shape index (κ1) is 13.4. The standard InChI is InChI=1S/C14H14FN5O/c1-16-6-12-7-20(19-18-12)8-13-9-21-14(17-13)10-2-4-11(15)5-3-10/h2-5,7,9,16H,6,8H2,1H3. The van der Waals surface area contributed by atoms with Crippen molar-refractivity contribution in [3.8, 4) is 11.5 Å². The van der Waals surface area contributed by atoms with E-state index >= 15 is 0 Å². The van der Waals surface area contributed by atoms with Gasteiger partial charge in [0.1, 0.15) is 17.8 Å². The first-order valence-corrected chi connectivity index (χ1v) is 6.48. The van der Waals surface area contributed by atoms with Crippen molar-refractivity contribution in [1.82, 2.24) is 25.3 Å². The van der Waals surface area contributed by atoms with Gasteiger partial charge in [-0.2, -0.15) is 0 Å². The van der Waals surface area contributed by atoms with Crippen LogP contribution in [-0.2, 0) is 13.1 Å². The van der Waals surface area contributed by atoms with E-state index in [9.17, 15) is 4.39 Å². The van der Waals surface area contributed by atoms with Gasteiger partial charge in [0.25, 0.3) is 0 Å². The van der Waals surface area contributed by atoms with Crippen molar-refractivity contribution in [2.45, 2.75) is 13.1 Å². The summed E-state index contributed by atoms with van der Waals surface area (Å²) >= 11 is 0. The van der Waals surface area contributed by atoms with Crippen LogP contribution in [0.4, 0.5) is 4.39 Å². The fourth-order valence-corrected chi connectivity index (χ4v) is 1.95. The van der Waals surface area contributed by atoms with Gasteiger partial charge < -0.3 is 9.73 Å². The van der Waals surface area contributed by atoms with Gasteiger partial charge in [0, 0.05) is 12.1 Å². The van der Waals surface area contributed by atoms with Gasteiger partial charge in [-0.3, -0.25) is 0 Å². The molecule has 1 N–H and O–H groups in total. The zero-order valence-electron chi connectivity index (χ0n) is 11.5. The van der Waals surface area contributed by atoms with E-state index in [2.05, 4.69) is 20.6 Å². The summed E-state index contributed by atoms with van der Waals surface area (Å²) in [5.74, 6) is 0.172. The lowest BCUT2D eigenvalue weighted by Crippen LogP contribution is -2.05. The third-order valence-electron chi connectivity index (χ3n) is 2.91. The van der Waals surface area contributed by atoms with Crippen molar-refractivity contribution in [3.05, 3.63) is 53.9 Å². The zero-order chi connectivity index (χ0) is 14.7. The monoisotopic (exact) mass is 287 g/mol. The number of halogens is 1. The molecule has 0 aliphatic rings. The molecule has 0 saturated heterocycles. The van der Waals surface area contributed by atoms with Crippen LogP contribution >= 0.6 is 0 Å². The van der Waals surface area contributed by atoms with Gasteiger partial charge in [-0.25, -0.2) is 14.1 Å². The van der Waals surface area contributed by atoms with E-state index < -0.39 is 0 Å². The van der Waals surface area contributed by atoms with E-state index in [1.54, 1.807) is 23.1 Å². The maximum absolute atomic E-state index is 12.9. The summed E-state index contributed by atoms with van der Waals surface area (Å²) in [5, 5.41) is 11.1. The molecule has 0 radical (unpaired) electrons. The molecule has 108 valence electrons. The quantitative estimate of drug-likeness (QED) is 0.775. The van der Waals surface area contributed by atoms with Gasteiger partial charge in [-0.1, -0.05) is 5.21 Å². The third kappa shape index (κ3) is 3.14. The Labute approximate surface area is 120 Å². The Morgan fingerprint density at radius 1 is 1.24 bits per heavy atom. The Morgan fingerprint density at radius 2 is 2.05 bits per heavy atom. The minimum Gasteiger partial charge on any atom is -0.444 e. The Balaban J connectivity index is 1.73. The molecule has 0 bridgehead atoms. The average Bonchev–Trinajstić information content (AvgIpc) is 3.11. The summed E-state index contributed by atoms with van der Waals surface area (Å²) in [7, 11) is 1.85. The molecule has 2 heterocycles. The van der Waals surface area contributed by atoms with Gasteiger partial charge >= 0.3 is 0 Å². The lowest BCUT2D eigenvalue weighted by molar-refractivity contribution is 0.567. The van der Waals surface area contributed by atoms with Crippen LogP contribution in [0.1, 0.15) is 11.4 Å². The number of oxazole rings is 1. The molecule has 1 aromatic carbocycles. The van der Waals surface area contributed by atoms with Crippen molar-refractivity contribution in [2.24, 2.45) is 0 Å². The van der Waals surface area contributed by atoms with E-state index in [1.165, 1.54) is 12.1 Å². The summed E-state index contributed by atoms with van der Waals surface area (Å²) in [4.78, 5) is 4.37. The molecule has 3 aromatic rings. The van der Waals surface area contributed by atoms with Gasteiger partial charge in [0.15, 0.2) is 0 Å². The first-order valence-electron chi connectivity index (χ1n) is 6.48. The fraction of sp³-hybridized carbons (Fsp3) is 0.214. The Morgan fingerprint density at radius 3 is 2.81 bits per heavy atom. The van der Waals surface area contributed by atoms with E-state index in [1.807, 2.05) is 13.2 Å². The molecular formula is C14H14FN5O. The predicted molar refractivity (Wildman–Crippen MR) is 73.8 cm³/mol. The highest BCUT2D eigenvalue weighted by Crippen LogP contribution is 2.19. The Hall–Kier alpha value is -2.54. The largest absolute Gasteiger partial charge is 0.444 e. The van der Waals surface area contributed by atoms with E-state index in [0.717, 1.165) is 17.0 Å². The van der Waals surface area contributed by atoms with Crippen molar-refractivity contribution in [1.29, 1.82) is 0 Å². The second kappa shape index (κ2) is 5.84. The first-order chi connectivity index (χ1) is 10.2. The van der Waals surface area contributed by atoms with Crippen LogP contribution < -0.4 is 5.32 Å². The summed E-state index contributed by atoms with van der Waals surface area (Å²) < 4.78 is 20.0. The summed E-state index contributed by atoms with van der Waals surface area (Å²) in [6, 6.07) is 6.01. The van der Waals surface area contributed by atoms with Crippen molar-refractivity contribution < 1.29 is 8.81 Å². The number of nitrogens with zero attached hydrogens (tertiary/aromatic N) is 4. The predicted octanol–water partition coefficient (Wildman–Crippen LogP) is 1.84. The van der Waals surface area contributed by atoms with Crippen LogP contribution in [-0.4, -0.2) is 27.0 Å². The molecule has 2 aromatic heterocycles. The fourth-order valence-electron chi connectivity index (χ4n) is 1.95. The minimum absolute atomic E-state index is 0.287. The number of benzene rings is 1. The molecule has 7 heteroatoms. The third-order valence-corrected chi connectivity index (χ3v) is 2.91. The molecule has 0 amide bonds. The molecule has 0 unspecified atom stereocenters. The molecule has 6 nitrogen and oxygen atoms in total. The molecular weight excluding hydrogens is 273 g/mol. The van der Waals surface area contributed by atoms with Gasteiger partial charge in [-0.05, 0) is 31.3 Å². The van der Waals surface area contributed by atoms with Crippen LogP contribution in [0.25, 0.3) is 11.5 Å². The number of aromatic nitrogens is 4. The Bertz CT molecular complexity index is 719. The topological polar surface area (TPSA) is 68.8 Å². The number of nitrogens with one attached hydrogen (secondary N) is 1. The lowest BCUT2D eigenvalue weighted by atomic mass is 10.2. The van der Waals surface area contributed by atoms with Gasteiger partial charge in [0.2, 0.25) is 5.89 Å². The van der Waals surface area contributed by atoms with E-state index in [0.29, 0.717) is 19.0 Å². The maximum Gasteiger partial charge on any atom is 0.226 e. The molecule has 21 heavy (non-hydrogen) atoms. The van der Waals surface area contributed by atoms with Gasteiger partial charge in [0.05, 0.1) is 18.4 Å². The number of hydrogen-bond donors (Lipinski definition) is 1. The van der Waals surface area contributed by atoms with Crippen LogP contribution in [0.5, 0.6) is 0 Å². The number of hydrogen-bond acceptors (Lipinski definition) is 5. The highest BCUT2D eigenvalue weighted by atomic mass is 19.1. The SMILES string of the molecule is CNCc1cn(Cc2coc(-c3ccc(F)cc3)n2)nn1. The van der Waals surface area contributed by atoms with E-state index in [-0.39, 0.29) is 5.82 Å². The van der Waals surface area contributed by atoms with Crippen molar-refractivity contribution in [2.75, 3.05) is 7.05 Å². The minimum atomic E-state index is -0.287. The zero-order valence-corrected chi connectivity index (χ0v) is 11.5. The van der Waals surface area contributed by atoms with Crippen LogP contribution in [0, 0.1) is 5.82 Å². The molecule has 0 fully saturated rings. The molecule has 0 aliphatic carbocycles. The highest BCUT2D eigenvalue weighted by molar-refractivity contribution is 5.52. The average molecular weight is 287 g/mol. The normalized spacial score (nSPS) is 11.0. The van der Waals surface area contributed by atoms with Crippen LogP contribution in [0.15, 0.2) is 41.1 Å². The summed E-state index contributed by atoms with van der Waals surface area (Å²) in [5.41, 5.74) is 2.33. The summed E-state index contributed by atoms with van der Waals surface area (Å²) in [6.07, 6.45) is 3.42. The maximum atomic E-state index is 12.9. The smallest absolute Gasteiger partial charge is 0.226 e. The lowest BCUT2D eigenvalue weighted by Gasteiger charge is -1.95. The molecule has 0 spiro atoms. The summed E-state index contributed by atoms with van der Waals surface area (Å²) in [6.45, 7) is 1.14. The highest BCUT2D eigenvalue weighted by Gasteiger charge is 2.08. The van der Waals surface area contributed by atoms with Crippen LogP contribution in [0.2, 0.25) is 0 Å².